The first-order valence-corrected chi connectivity index (χ1v) is 5.76. The minimum absolute atomic E-state index is 0.275. The molecule has 0 bridgehead atoms. The topological polar surface area (TPSA) is 55.4 Å². The second kappa shape index (κ2) is 5.21. The van der Waals surface area contributed by atoms with Crippen molar-refractivity contribution in [3.63, 3.8) is 0 Å². The zero-order valence-corrected chi connectivity index (χ0v) is 11.5. The van der Waals surface area contributed by atoms with E-state index in [0.29, 0.717) is 5.56 Å². The summed E-state index contributed by atoms with van der Waals surface area (Å²) in [5.74, 6) is -0.747. The number of rotatable bonds is 3. The van der Waals surface area contributed by atoms with Gasteiger partial charge in [-0.15, -0.1) is 0 Å². The fourth-order valence-electron chi connectivity index (χ4n) is 1.73. The molecule has 0 aromatic heterocycles. The van der Waals surface area contributed by atoms with E-state index in [1.54, 1.807) is 19.9 Å². The zero-order chi connectivity index (χ0) is 13.9. The molecule has 0 aliphatic carbocycles. The fourth-order valence-corrected chi connectivity index (χ4v) is 1.73. The van der Waals surface area contributed by atoms with Gasteiger partial charge in [-0.25, -0.2) is 4.79 Å². The second-order valence-electron chi connectivity index (χ2n) is 4.89. The molecule has 98 valence electrons. The highest BCUT2D eigenvalue weighted by molar-refractivity contribution is 5.99. The molecule has 0 heterocycles. The lowest BCUT2D eigenvalue weighted by Gasteiger charge is -2.23. The third kappa shape index (κ3) is 3.09. The first-order chi connectivity index (χ1) is 8.27. The summed E-state index contributed by atoms with van der Waals surface area (Å²) in [6.45, 7) is 7.06. The number of esters is 1. The number of carbonyl (C=O) groups is 2. The van der Waals surface area contributed by atoms with Crippen molar-refractivity contribution >= 4 is 11.9 Å². The van der Waals surface area contributed by atoms with Gasteiger partial charge in [0, 0.05) is 5.56 Å². The number of amides is 1. The molecular weight excluding hydrogens is 230 g/mol. The molecule has 1 N–H and O–H groups in total. The Morgan fingerprint density at radius 1 is 1.22 bits per heavy atom. The lowest BCUT2D eigenvalue weighted by molar-refractivity contribution is -0.146. The normalized spacial score (nSPS) is 10.9. The van der Waals surface area contributed by atoms with Gasteiger partial charge in [-0.3, -0.25) is 4.79 Å². The average Bonchev–Trinajstić information content (AvgIpc) is 2.26. The molecule has 0 saturated heterocycles. The van der Waals surface area contributed by atoms with E-state index >= 15 is 0 Å². The highest BCUT2D eigenvalue weighted by atomic mass is 16.5. The number of benzene rings is 1. The van der Waals surface area contributed by atoms with Crippen molar-refractivity contribution < 1.29 is 14.3 Å². The fraction of sp³-hybridized carbons (Fsp3) is 0.429. The quantitative estimate of drug-likeness (QED) is 0.833. The highest BCUT2D eigenvalue weighted by Crippen LogP contribution is 2.13. The Labute approximate surface area is 107 Å². The molecule has 0 aliphatic heterocycles. The Morgan fingerprint density at radius 3 is 2.33 bits per heavy atom. The molecule has 4 nitrogen and oxygen atoms in total. The highest BCUT2D eigenvalue weighted by Gasteiger charge is 2.31. The second-order valence-corrected chi connectivity index (χ2v) is 4.89. The van der Waals surface area contributed by atoms with E-state index < -0.39 is 11.5 Å². The summed E-state index contributed by atoms with van der Waals surface area (Å²) in [7, 11) is 1.30. The maximum absolute atomic E-state index is 12.1. The molecule has 0 saturated carbocycles. The van der Waals surface area contributed by atoms with E-state index in [1.165, 1.54) is 7.11 Å². The Bertz CT molecular complexity index is 478. The standard InChI is InChI=1S/C14H19NO3/c1-9-6-7-11(10(2)8-9)12(16)15-14(3,4)13(17)18-5/h6-8H,1-5H3,(H,15,16). The van der Waals surface area contributed by atoms with Crippen LogP contribution in [0, 0.1) is 13.8 Å². The average molecular weight is 249 g/mol. The summed E-state index contributed by atoms with van der Waals surface area (Å²) in [4.78, 5) is 23.6. The molecule has 1 aromatic carbocycles. The van der Waals surface area contributed by atoms with Crippen LogP contribution in [0.1, 0.15) is 35.3 Å². The molecule has 1 aromatic rings. The molecule has 0 unspecified atom stereocenters. The molecule has 0 radical (unpaired) electrons. The van der Waals surface area contributed by atoms with Crippen LogP contribution in [-0.2, 0) is 9.53 Å². The summed E-state index contributed by atoms with van der Waals surface area (Å²) in [5.41, 5.74) is 1.51. The molecule has 0 aliphatic rings. The van der Waals surface area contributed by atoms with Gasteiger partial charge < -0.3 is 10.1 Å². The molecule has 1 amide bonds. The summed E-state index contributed by atoms with van der Waals surface area (Å²) in [6, 6.07) is 5.56. The Kier molecular flexibility index (Phi) is 4.11. The van der Waals surface area contributed by atoms with E-state index in [0.717, 1.165) is 11.1 Å². The number of aryl methyl sites for hydroxylation is 2. The van der Waals surface area contributed by atoms with Gasteiger partial charge in [-0.2, -0.15) is 0 Å². The molecule has 18 heavy (non-hydrogen) atoms. The molecule has 0 fully saturated rings. The largest absolute Gasteiger partial charge is 0.467 e. The van der Waals surface area contributed by atoms with Gasteiger partial charge >= 0.3 is 5.97 Å². The van der Waals surface area contributed by atoms with Crippen molar-refractivity contribution in [3.8, 4) is 0 Å². The van der Waals surface area contributed by atoms with Crippen LogP contribution in [0.15, 0.2) is 18.2 Å². The number of methoxy groups -OCH3 is 1. The van der Waals surface area contributed by atoms with Gasteiger partial charge in [0.05, 0.1) is 7.11 Å². The summed E-state index contributed by atoms with van der Waals surface area (Å²) >= 11 is 0. The minimum Gasteiger partial charge on any atom is -0.467 e. The van der Waals surface area contributed by atoms with Gasteiger partial charge in [-0.05, 0) is 39.3 Å². The molecule has 0 atom stereocenters. The zero-order valence-electron chi connectivity index (χ0n) is 11.5. The predicted molar refractivity (Wildman–Crippen MR) is 69.5 cm³/mol. The van der Waals surface area contributed by atoms with E-state index in [9.17, 15) is 9.59 Å². The monoisotopic (exact) mass is 249 g/mol. The first-order valence-electron chi connectivity index (χ1n) is 5.76. The molecular formula is C14H19NO3. The van der Waals surface area contributed by atoms with Crippen LogP contribution in [0.5, 0.6) is 0 Å². The van der Waals surface area contributed by atoms with Crippen LogP contribution >= 0.6 is 0 Å². The summed E-state index contributed by atoms with van der Waals surface area (Å²) in [5, 5.41) is 2.67. The van der Waals surface area contributed by atoms with Crippen molar-refractivity contribution in [2.45, 2.75) is 33.2 Å². The van der Waals surface area contributed by atoms with Crippen molar-refractivity contribution in [1.29, 1.82) is 0 Å². The lowest BCUT2D eigenvalue weighted by Crippen LogP contribution is -2.50. The maximum atomic E-state index is 12.1. The third-order valence-corrected chi connectivity index (χ3v) is 2.75. The van der Waals surface area contributed by atoms with E-state index in [-0.39, 0.29) is 5.91 Å². The van der Waals surface area contributed by atoms with Crippen LogP contribution in [-0.4, -0.2) is 24.5 Å². The van der Waals surface area contributed by atoms with Crippen LogP contribution in [0.2, 0.25) is 0 Å². The van der Waals surface area contributed by atoms with Crippen LogP contribution in [0.25, 0.3) is 0 Å². The van der Waals surface area contributed by atoms with E-state index in [4.69, 9.17) is 0 Å². The summed E-state index contributed by atoms with van der Waals surface area (Å²) in [6.07, 6.45) is 0. The number of hydrogen-bond donors (Lipinski definition) is 1. The molecule has 4 heteroatoms. The van der Waals surface area contributed by atoms with Crippen molar-refractivity contribution in [2.24, 2.45) is 0 Å². The van der Waals surface area contributed by atoms with Gasteiger partial charge in [0.2, 0.25) is 0 Å². The van der Waals surface area contributed by atoms with Crippen LogP contribution < -0.4 is 5.32 Å². The van der Waals surface area contributed by atoms with Gasteiger partial charge in [-0.1, -0.05) is 17.7 Å². The first kappa shape index (κ1) is 14.2. The Balaban J connectivity index is 2.92. The van der Waals surface area contributed by atoms with Gasteiger partial charge in [0.15, 0.2) is 0 Å². The smallest absolute Gasteiger partial charge is 0.330 e. The number of hydrogen-bond acceptors (Lipinski definition) is 3. The Hall–Kier alpha value is -1.84. The van der Waals surface area contributed by atoms with Crippen molar-refractivity contribution in [2.75, 3.05) is 7.11 Å². The lowest BCUT2D eigenvalue weighted by atomic mass is 10.0. The van der Waals surface area contributed by atoms with E-state index in [2.05, 4.69) is 10.1 Å². The Morgan fingerprint density at radius 2 is 1.83 bits per heavy atom. The van der Waals surface area contributed by atoms with Crippen LogP contribution in [0.3, 0.4) is 0 Å². The maximum Gasteiger partial charge on any atom is 0.330 e. The SMILES string of the molecule is COC(=O)C(C)(C)NC(=O)c1ccc(C)cc1C. The summed E-state index contributed by atoms with van der Waals surface area (Å²) < 4.78 is 4.65. The third-order valence-electron chi connectivity index (χ3n) is 2.75. The predicted octanol–water partition coefficient (Wildman–Crippen LogP) is 1.98. The minimum atomic E-state index is -1.04. The number of carbonyl (C=O) groups excluding carboxylic acids is 2. The molecule has 0 spiro atoms. The number of ether oxygens (including phenoxy) is 1. The van der Waals surface area contributed by atoms with E-state index in [1.807, 2.05) is 26.0 Å². The van der Waals surface area contributed by atoms with Crippen molar-refractivity contribution in [1.82, 2.24) is 5.32 Å². The number of nitrogens with one attached hydrogen (secondary N) is 1. The van der Waals surface area contributed by atoms with Gasteiger partial charge in [0.1, 0.15) is 5.54 Å². The molecule has 1 rings (SSSR count). The van der Waals surface area contributed by atoms with Crippen LogP contribution in [0.4, 0.5) is 0 Å². The van der Waals surface area contributed by atoms with Crippen molar-refractivity contribution in [3.05, 3.63) is 34.9 Å². The van der Waals surface area contributed by atoms with Gasteiger partial charge in [0.25, 0.3) is 5.91 Å².